The first-order valence-electron chi connectivity index (χ1n) is 7.84. The lowest BCUT2D eigenvalue weighted by atomic mass is 10.0. The van der Waals surface area contributed by atoms with Crippen LogP contribution in [0.4, 0.5) is 0 Å². The van der Waals surface area contributed by atoms with E-state index in [-0.39, 0.29) is 12.0 Å². The summed E-state index contributed by atoms with van der Waals surface area (Å²) in [5.41, 5.74) is 0.719. The Morgan fingerprint density at radius 1 is 1.43 bits per heavy atom. The fourth-order valence-corrected chi connectivity index (χ4v) is 2.86. The van der Waals surface area contributed by atoms with Crippen LogP contribution in [0, 0.1) is 0 Å². The SMILES string of the molecule is CNCC1CCCCN1C(=O)c1cccc(OC(C)C)c1. The van der Waals surface area contributed by atoms with Crippen molar-refractivity contribution in [3.8, 4) is 5.75 Å². The molecule has 0 aliphatic carbocycles. The maximum atomic E-state index is 12.8. The Morgan fingerprint density at radius 3 is 2.95 bits per heavy atom. The Bertz CT molecular complexity index is 472. The summed E-state index contributed by atoms with van der Waals surface area (Å²) in [5, 5.41) is 3.19. The van der Waals surface area contributed by atoms with Gasteiger partial charge in [0.25, 0.3) is 5.91 Å². The molecule has 1 saturated heterocycles. The van der Waals surface area contributed by atoms with Gasteiger partial charge in [-0.1, -0.05) is 6.07 Å². The molecule has 0 bridgehead atoms. The third-order valence-corrected chi connectivity index (χ3v) is 3.78. The summed E-state index contributed by atoms with van der Waals surface area (Å²) < 4.78 is 5.68. The smallest absolute Gasteiger partial charge is 0.254 e. The second-order valence-corrected chi connectivity index (χ2v) is 5.90. The van der Waals surface area contributed by atoms with E-state index in [1.807, 2.05) is 50.1 Å². The standard InChI is InChI=1S/C17H26N2O2/c1-13(2)21-16-9-6-7-14(11-16)17(20)19-10-5-4-8-15(19)12-18-3/h6-7,9,11,13,15,18H,4-5,8,10,12H2,1-3H3. The fraction of sp³-hybridized carbons (Fsp3) is 0.588. The topological polar surface area (TPSA) is 41.6 Å². The van der Waals surface area contributed by atoms with Gasteiger partial charge in [0.15, 0.2) is 0 Å². The largest absolute Gasteiger partial charge is 0.491 e. The molecule has 0 aromatic heterocycles. The Labute approximate surface area is 127 Å². The molecule has 4 heteroatoms. The number of likely N-dealkylation sites (N-methyl/N-ethyl adjacent to an activating group) is 1. The number of amides is 1. The third-order valence-electron chi connectivity index (χ3n) is 3.78. The monoisotopic (exact) mass is 290 g/mol. The van der Waals surface area contributed by atoms with Gasteiger partial charge in [0, 0.05) is 24.7 Å². The second kappa shape index (κ2) is 7.46. The van der Waals surface area contributed by atoms with Crippen LogP contribution in [0.5, 0.6) is 5.75 Å². The maximum absolute atomic E-state index is 12.8. The Balaban J connectivity index is 2.14. The molecule has 1 amide bonds. The van der Waals surface area contributed by atoms with E-state index >= 15 is 0 Å². The molecule has 4 nitrogen and oxygen atoms in total. The molecule has 0 spiro atoms. The van der Waals surface area contributed by atoms with Gasteiger partial charge >= 0.3 is 0 Å². The summed E-state index contributed by atoms with van der Waals surface area (Å²) in [7, 11) is 1.94. The van der Waals surface area contributed by atoms with Crippen molar-refractivity contribution in [2.75, 3.05) is 20.1 Å². The van der Waals surface area contributed by atoms with Crippen LogP contribution in [-0.4, -0.2) is 43.1 Å². The number of likely N-dealkylation sites (tertiary alicyclic amines) is 1. The molecule has 21 heavy (non-hydrogen) atoms. The quantitative estimate of drug-likeness (QED) is 0.906. The molecule has 1 aliphatic rings. The van der Waals surface area contributed by atoms with Crippen LogP contribution in [0.2, 0.25) is 0 Å². The van der Waals surface area contributed by atoms with Crippen LogP contribution in [-0.2, 0) is 0 Å². The van der Waals surface area contributed by atoms with Gasteiger partial charge in [-0.25, -0.2) is 0 Å². The van der Waals surface area contributed by atoms with Crippen molar-refractivity contribution in [1.29, 1.82) is 0 Å². The fourth-order valence-electron chi connectivity index (χ4n) is 2.86. The van der Waals surface area contributed by atoms with E-state index in [4.69, 9.17) is 4.74 Å². The van der Waals surface area contributed by atoms with Crippen molar-refractivity contribution in [3.05, 3.63) is 29.8 Å². The highest BCUT2D eigenvalue weighted by atomic mass is 16.5. The van der Waals surface area contributed by atoms with E-state index in [1.165, 1.54) is 6.42 Å². The first-order chi connectivity index (χ1) is 10.1. The van der Waals surface area contributed by atoms with Gasteiger partial charge in [-0.2, -0.15) is 0 Å². The van der Waals surface area contributed by atoms with Gasteiger partial charge in [-0.05, 0) is 58.4 Å². The highest BCUT2D eigenvalue weighted by Crippen LogP contribution is 2.21. The number of nitrogens with one attached hydrogen (secondary N) is 1. The van der Waals surface area contributed by atoms with E-state index in [2.05, 4.69) is 5.32 Å². The molecule has 116 valence electrons. The predicted molar refractivity (Wildman–Crippen MR) is 84.8 cm³/mol. The molecule has 1 fully saturated rings. The Kier molecular flexibility index (Phi) is 5.62. The number of hydrogen-bond donors (Lipinski definition) is 1. The minimum atomic E-state index is 0.113. The van der Waals surface area contributed by atoms with Gasteiger partial charge < -0.3 is 15.0 Å². The van der Waals surface area contributed by atoms with E-state index in [1.54, 1.807) is 0 Å². The average Bonchev–Trinajstić information content (AvgIpc) is 2.47. The van der Waals surface area contributed by atoms with Crippen molar-refractivity contribution in [3.63, 3.8) is 0 Å². The number of nitrogens with zero attached hydrogens (tertiary/aromatic N) is 1. The summed E-state index contributed by atoms with van der Waals surface area (Å²) in [4.78, 5) is 14.8. The highest BCUT2D eigenvalue weighted by molar-refractivity contribution is 5.94. The normalized spacial score (nSPS) is 18.9. The number of carbonyl (C=O) groups is 1. The lowest BCUT2D eigenvalue weighted by molar-refractivity contribution is 0.0614. The first-order valence-corrected chi connectivity index (χ1v) is 7.84. The van der Waals surface area contributed by atoms with Crippen LogP contribution >= 0.6 is 0 Å². The van der Waals surface area contributed by atoms with E-state index in [9.17, 15) is 4.79 Å². The molecule has 1 unspecified atom stereocenters. The van der Waals surface area contributed by atoms with Gasteiger partial charge in [0.05, 0.1) is 6.10 Å². The molecule has 1 N–H and O–H groups in total. The zero-order valence-electron chi connectivity index (χ0n) is 13.3. The number of carbonyl (C=O) groups excluding carboxylic acids is 1. The van der Waals surface area contributed by atoms with Crippen molar-refractivity contribution >= 4 is 5.91 Å². The van der Waals surface area contributed by atoms with Crippen molar-refractivity contribution in [2.24, 2.45) is 0 Å². The average molecular weight is 290 g/mol. The highest BCUT2D eigenvalue weighted by Gasteiger charge is 2.27. The van der Waals surface area contributed by atoms with Gasteiger partial charge in [-0.15, -0.1) is 0 Å². The summed E-state index contributed by atoms with van der Waals surface area (Å²) in [6.45, 7) is 5.68. The van der Waals surface area contributed by atoms with Gasteiger partial charge in [-0.3, -0.25) is 4.79 Å². The molecule has 2 rings (SSSR count). The van der Waals surface area contributed by atoms with Crippen molar-refractivity contribution < 1.29 is 9.53 Å². The minimum absolute atomic E-state index is 0.113. The summed E-state index contributed by atoms with van der Waals surface area (Å²) in [6.07, 6.45) is 3.48. The van der Waals surface area contributed by atoms with Crippen molar-refractivity contribution in [1.82, 2.24) is 10.2 Å². The van der Waals surface area contributed by atoms with E-state index < -0.39 is 0 Å². The third kappa shape index (κ3) is 4.21. The Morgan fingerprint density at radius 2 is 2.24 bits per heavy atom. The minimum Gasteiger partial charge on any atom is -0.491 e. The summed E-state index contributed by atoms with van der Waals surface area (Å²) in [5.74, 6) is 0.877. The lowest BCUT2D eigenvalue weighted by Crippen LogP contribution is -2.48. The summed E-state index contributed by atoms with van der Waals surface area (Å²) in [6, 6.07) is 7.82. The predicted octanol–water partition coefficient (Wildman–Crippen LogP) is 2.69. The van der Waals surface area contributed by atoms with Gasteiger partial charge in [0.1, 0.15) is 5.75 Å². The molecule has 1 heterocycles. The molecule has 1 aliphatic heterocycles. The number of rotatable bonds is 5. The maximum Gasteiger partial charge on any atom is 0.254 e. The van der Waals surface area contributed by atoms with Crippen LogP contribution in [0.3, 0.4) is 0 Å². The second-order valence-electron chi connectivity index (χ2n) is 5.90. The van der Waals surface area contributed by atoms with E-state index in [0.29, 0.717) is 6.04 Å². The van der Waals surface area contributed by atoms with Crippen LogP contribution in [0.25, 0.3) is 0 Å². The number of piperidine rings is 1. The van der Waals surface area contributed by atoms with Crippen LogP contribution in [0.1, 0.15) is 43.5 Å². The number of hydrogen-bond acceptors (Lipinski definition) is 3. The Hall–Kier alpha value is -1.55. The van der Waals surface area contributed by atoms with Crippen LogP contribution < -0.4 is 10.1 Å². The molecule has 1 atom stereocenters. The molecule has 1 aromatic rings. The van der Waals surface area contributed by atoms with E-state index in [0.717, 1.165) is 37.2 Å². The molecular weight excluding hydrogens is 264 g/mol. The van der Waals surface area contributed by atoms with Gasteiger partial charge in [0.2, 0.25) is 0 Å². The number of ether oxygens (including phenoxy) is 1. The van der Waals surface area contributed by atoms with Crippen LogP contribution in [0.15, 0.2) is 24.3 Å². The molecular formula is C17H26N2O2. The van der Waals surface area contributed by atoms with Crippen molar-refractivity contribution in [2.45, 2.75) is 45.3 Å². The molecule has 0 radical (unpaired) electrons. The lowest BCUT2D eigenvalue weighted by Gasteiger charge is -2.35. The first kappa shape index (κ1) is 15.8. The summed E-state index contributed by atoms with van der Waals surface area (Å²) >= 11 is 0. The zero-order valence-corrected chi connectivity index (χ0v) is 13.3. The zero-order chi connectivity index (χ0) is 15.2. The molecule has 0 saturated carbocycles. The molecule has 1 aromatic carbocycles. The number of benzene rings is 1.